The van der Waals surface area contributed by atoms with E-state index in [0.29, 0.717) is 18.8 Å². The van der Waals surface area contributed by atoms with E-state index in [2.05, 4.69) is 5.32 Å². The Bertz CT molecular complexity index is 640. The summed E-state index contributed by atoms with van der Waals surface area (Å²) >= 11 is 0. The molecule has 2 aliphatic rings. The second-order valence-electron chi connectivity index (χ2n) is 6.04. The molecule has 1 radical (unpaired) electrons. The maximum atomic E-state index is 11.9. The first-order valence-electron chi connectivity index (χ1n) is 8.29. The van der Waals surface area contributed by atoms with Crippen molar-refractivity contribution in [2.75, 3.05) is 26.4 Å². The predicted octanol–water partition coefficient (Wildman–Crippen LogP) is 0.426. The topological polar surface area (TPSA) is 144 Å². The largest absolute Gasteiger partial charge is 0.445 e. The van der Waals surface area contributed by atoms with Crippen LogP contribution in [0.15, 0.2) is 24.3 Å². The number of nitro benzene ring substituents is 1. The number of rotatable bonds is 5. The molecule has 3 N–H and O–H groups in total. The van der Waals surface area contributed by atoms with Crippen LogP contribution in [0.1, 0.15) is 5.56 Å². The maximum Gasteiger partial charge on any atom is 0.407 e. The van der Waals surface area contributed by atoms with E-state index in [9.17, 15) is 14.9 Å². The lowest BCUT2D eigenvalue weighted by Gasteiger charge is -2.35. The molecule has 0 unspecified atom stereocenters. The molecule has 0 atom stereocenters. The molecule has 2 aliphatic heterocycles. The van der Waals surface area contributed by atoms with Gasteiger partial charge in [0.2, 0.25) is 6.29 Å². The lowest BCUT2D eigenvalue weighted by Crippen LogP contribution is -2.50. The first-order chi connectivity index (χ1) is 13.0. The number of hydrogen-bond donors (Lipinski definition) is 2. The van der Waals surface area contributed by atoms with Crippen molar-refractivity contribution in [1.82, 2.24) is 5.32 Å². The zero-order valence-electron chi connectivity index (χ0n) is 14.4. The van der Waals surface area contributed by atoms with Gasteiger partial charge in [0.25, 0.3) is 12.0 Å². The van der Waals surface area contributed by atoms with Crippen LogP contribution in [0.3, 0.4) is 0 Å². The van der Waals surface area contributed by atoms with E-state index in [-0.39, 0.29) is 37.8 Å². The van der Waals surface area contributed by atoms with Crippen molar-refractivity contribution in [2.45, 2.75) is 25.0 Å². The number of amides is 1. The van der Waals surface area contributed by atoms with Gasteiger partial charge in [-0.3, -0.25) is 10.1 Å². The highest BCUT2D eigenvalue weighted by molar-refractivity contribution is 5.67. The van der Waals surface area contributed by atoms with Crippen molar-refractivity contribution >= 4 is 11.8 Å². The average Bonchev–Trinajstić information content (AvgIpc) is 2.68. The molecule has 1 aromatic rings. The zero-order chi connectivity index (χ0) is 19.2. The zero-order valence-corrected chi connectivity index (χ0v) is 14.4. The monoisotopic (exact) mass is 382 g/mol. The summed E-state index contributed by atoms with van der Waals surface area (Å²) in [7, 11) is 0. The van der Waals surface area contributed by atoms with Crippen LogP contribution in [0.5, 0.6) is 0 Å². The fourth-order valence-electron chi connectivity index (χ4n) is 2.40. The molecule has 3 rings (SSSR count). The number of nitrogens with one attached hydrogen (secondary N) is 1. The van der Waals surface area contributed by atoms with Gasteiger partial charge >= 0.3 is 6.09 Å². The van der Waals surface area contributed by atoms with E-state index < -0.39 is 23.3 Å². The number of nitrogens with zero attached hydrogens (tertiary/aromatic N) is 1. The normalized spacial score (nSPS) is 24.3. The molecule has 0 spiro atoms. The second kappa shape index (κ2) is 9.06. The molecule has 11 nitrogen and oxygen atoms in total. The smallest absolute Gasteiger partial charge is 0.407 e. The van der Waals surface area contributed by atoms with Crippen LogP contribution in [0, 0.1) is 16.4 Å². The van der Waals surface area contributed by atoms with Gasteiger partial charge in [-0.25, -0.2) is 4.79 Å². The Balaban J connectivity index is 1.36. The molecule has 2 saturated heterocycles. The lowest BCUT2D eigenvalue weighted by atomic mass is 10.2. The van der Waals surface area contributed by atoms with Crippen LogP contribution >= 0.6 is 0 Å². The predicted molar refractivity (Wildman–Crippen MR) is 89.0 cm³/mol. The minimum atomic E-state index is -0.722. The van der Waals surface area contributed by atoms with Crippen molar-refractivity contribution < 1.29 is 33.4 Å². The Kier molecular flexibility index (Phi) is 6.53. The number of carbonyl (C=O) groups is 1. The Morgan fingerprint density at radius 2 is 1.81 bits per heavy atom. The van der Waals surface area contributed by atoms with Gasteiger partial charge in [-0.1, -0.05) is 0 Å². The molecule has 2 fully saturated rings. The van der Waals surface area contributed by atoms with Gasteiger partial charge in [-0.15, -0.1) is 0 Å². The second-order valence-corrected chi connectivity index (χ2v) is 6.04. The Morgan fingerprint density at radius 3 is 2.41 bits per heavy atom. The SMILES string of the molecule is NC1COC([C]2OCC(NC(=O)OCc3ccc([N+](=O)[O-])cc3)CO2)OC1. The molecule has 2 heterocycles. The quantitative estimate of drug-likeness (QED) is 0.547. The summed E-state index contributed by atoms with van der Waals surface area (Å²) in [6.07, 6.45) is -1.16. The van der Waals surface area contributed by atoms with E-state index in [4.69, 9.17) is 29.4 Å². The standard InChI is InChI=1S/C16H20N3O8/c17-11-6-23-14(24-7-11)15-25-8-12(9-26-15)18-16(20)27-5-10-1-3-13(4-2-10)19(21)22/h1-4,11-12,14H,5-9,17H2,(H,18,20). The average molecular weight is 382 g/mol. The molecule has 0 aliphatic carbocycles. The molecule has 0 aromatic heterocycles. The van der Waals surface area contributed by atoms with Gasteiger partial charge in [-0.05, 0) is 17.7 Å². The van der Waals surface area contributed by atoms with Crippen molar-refractivity contribution in [3.8, 4) is 0 Å². The van der Waals surface area contributed by atoms with E-state index in [1.165, 1.54) is 24.3 Å². The third-order valence-corrected chi connectivity index (χ3v) is 3.81. The molecule has 1 aromatic carbocycles. The molecule has 0 bridgehead atoms. The number of nitro groups is 1. The third kappa shape index (κ3) is 5.58. The molecule has 0 saturated carbocycles. The van der Waals surface area contributed by atoms with Crippen LogP contribution in [0.4, 0.5) is 10.5 Å². The van der Waals surface area contributed by atoms with Gasteiger partial charge in [0.15, 0.2) is 0 Å². The van der Waals surface area contributed by atoms with Gasteiger partial charge in [0, 0.05) is 12.1 Å². The minimum Gasteiger partial charge on any atom is -0.445 e. The summed E-state index contributed by atoms with van der Waals surface area (Å²) in [6, 6.07) is 5.16. The minimum absolute atomic E-state index is 0.0142. The van der Waals surface area contributed by atoms with Crippen LogP contribution < -0.4 is 11.1 Å². The summed E-state index contributed by atoms with van der Waals surface area (Å²) < 4.78 is 26.7. The first kappa shape index (κ1) is 19.5. The van der Waals surface area contributed by atoms with Crippen LogP contribution in [-0.2, 0) is 30.3 Å². The first-order valence-corrected chi connectivity index (χ1v) is 8.29. The summed E-state index contributed by atoms with van der Waals surface area (Å²) in [5.74, 6) is 0. The Morgan fingerprint density at radius 1 is 1.19 bits per heavy atom. The molecular formula is C16H20N3O8. The van der Waals surface area contributed by atoms with Crippen LogP contribution in [-0.4, -0.2) is 55.8 Å². The summed E-state index contributed by atoms with van der Waals surface area (Å²) in [4.78, 5) is 22.0. The highest BCUT2D eigenvalue weighted by Gasteiger charge is 2.35. The Hall–Kier alpha value is -2.31. The van der Waals surface area contributed by atoms with E-state index in [0.717, 1.165) is 0 Å². The number of ether oxygens (including phenoxy) is 5. The number of benzene rings is 1. The maximum absolute atomic E-state index is 11.9. The summed E-state index contributed by atoms with van der Waals surface area (Å²) in [5, 5.41) is 13.2. The van der Waals surface area contributed by atoms with Gasteiger partial charge in [0.1, 0.15) is 6.61 Å². The number of carbonyl (C=O) groups excluding carboxylic acids is 1. The van der Waals surface area contributed by atoms with Crippen molar-refractivity contribution in [3.63, 3.8) is 0 Å². The van der Waals surface area contributed by atoms with Crippen molar-refractivity contribution in [1.29, 1.82) is 0 Å². The van der Waals surface area contributed by atoms with E-state index >= 15 is 0 Å². The highest BCUT2D eigenvalue weighted by Crippen LogP contribution is 2.22. The number of nitrogens with two attached hydrogens (primary N) is 1. The molecule has 147 valence electrons. The van der Waals surface area contributed by atoms with Crippen molar-refractivity contribution in [3.05, 3.63) is 46.2 Å². The number of hydrogen-bond acceptors (Lipinski definition) is 9. The molecule has 1 amide bonds. The third-order valence-electron chi connectivity index (χ3n) is 3.81. The fourth-order valence-corrected chi connectivity index (χ4v) is 2.40. The number of alkyl carbamates (subject to hydrolysis) is 1. The van der Waals surface area contributed by atoms with Gasteiger partial charge < -0.3 is 34.7 Å². The lowest BCUT2D eigenvalue weighted by molar-refractivity contribution is -0.384. The van der Waals surface area contributed by atoms with E-state index in [1.807, 2.05) is 0 Å². The molecule has 27 heavy (non-hydrogen) atoms. The van der Waals surface area contributed by atoms with Gasteiger partial charge in [-0.2, -0.15) is 0 Å². The molecular weight excluding hydrogens is 362 g/mol. The number of non-ortho nitro benzene ring substituents is 1. The summed E-state index contributed by atoms with van der Waals surface area (Å²) in [5.41, 5.74) is 6.27. The van der Waals surface area contributed by atoms with Crippen LogP contribution in [0.2, 0.25) is 0 Å². The summed E-state index contributed by atoms with van der Waals surface area (Å²) in [6.45, 7) is 1.03. The highest BCUT2D eigenvalue weighted by atomic mass is 16.8. The van der Waals surface area contributed by atoms with E-state index in [1.54, 1.807) is 0 Å². The fraction of sp³-hybridized carbons (Fsp3) is 0.500. The van der Waals surface area contributed by atoms with Gasteiger partial charge in [0.05, 0.1) is 43.4 Å². The molecule has 11 heteroatoms. The van der Waals surface area contributed by atoms with Crippen molar-refractivity contribution in [2.24, 2.45) is 5.73 Å². The Labute approximate surface area is 154 Å². The van der Waals surface area contributed by atoms with Crippen LogP contribution in [0.25, 0.3) is 0 Å².